The molecule has 0 saturated carbocycles. The molecule has 3 aromatic carbocycles. The minimum atomic E-state index is -0.638. The van der Waals surface area contributed by atoms with E-state index in [4.69, 9.17) is 4.74 Å². The van der Waals surface area contributed by atoms with E-state index in [-0.39, 0.29) is 17.4 Å². The van der Waals surface area contributed by atoms with Crippen LogP contribution >= 0.6 is 0 Å². The third-order valence-corrected chi connectivity index (χ3v) is 4.59. The average Bonchev–Trinajstić information content (AvgIpc) is 2.68. The molecule has 4 rings (SSSR count). The number of phenols is 2. The van der Waals surface area contributed by atoms with Gasteiger partial charge in [-0.05, 0) is 48.5 Å². The highest BCUT2D eigenvalue weighted by atomic mass is 16.5. The summed E-state index contributed by atoms with van der Waals surface area (Å²) in [6.07, 6.45) is -0.638. The number of anilines is 2. The van der Waals surface area contributed by atoms with Crippen LogP contribution in [0.2, 0.25) is 0 Å². The first-order valence-corrected chi connectivity index (χ1v) is 8.43. The number of hydrogen-bond acceptors (Lipinski definition) is 5. The molecule has 6 heteroatoms. The molecule has 136 valence electrons. The van der Waals surface area contributed by atoms with Crippen LogP contribution in [0.4, 0.5) is 11.4 Å². The lowest BCUT2D eigenvalue weighted by Gasteiger charge is -2.38. The molecule has 1 aliphatic rings. The van der Waals surface area contributed by atoms with Crippen LogP contribution in [0.5, 0.6) is 17.2 Å². The van der Waals surface area contributed by atoms with E-state index in [1.165, 1.54) is 12.1 Å². The van der Waals surface area contributed by atoms with Gasteiger partial charge in [0, 0.05) is 23.0 Å². The fourth-order valence-electron chi connectivity index (χ4n) is 3.24. The molecule has 1 aliphatic heterocycles. The molecule has 27 heavy (non-hydrogen) atoms. The Bertz CT molecular complexity index is 1000. The largest absolute Gasteiger partial charge is 0.508 e. The summed E-state index contributed by atoms with van der Waals surface area (Å²) in [5, 5.41) is 23.3. The van der Waals surface area contributed by atoms with Crippen LogP contribution in [0.1, 0.15) is 22.1 Å². The van der Waals surface area contributed by atoms with Crippen molar-refractivity contribution < 1.29 is 19.7 Å². The van der Waals surface area contributed by atoms with Crippen molar-refractivity contribution in [1.82, 2.24) is 0 Å². The smallest absolute Gasteiger partial charge is 0.262 e. The normalized spacial score (nSPS) is 15.8. The van der Waals surface area contributed by atoms with E-state index < -0.39 is 6.17 Å². The highest BCUT2D eigenvalue weighted by Crippen LogP contribution is 2.40. The molecule has 0 saturated heterocycles. The summed E-state index contributed by atoms with van der Waals surface area (Å²) >= 11 is 0. The van der Waals surface area contributed by atoms with E-state index in [2.05, 4.69) is 5.32 Å². The van der Waals surface area contributed by atoms with Gasteiger partial charge in [-0.25, -0.2) is 0 Å². The second-order valence-corrected chi connectivity index (χ2v) is 6.21. The minimum Gasteiger partial charge on any atom is -0.508 e. The second kappa shape index (κ2) is 6.57. The van der Waals surface area contributed by atoms with Gasteiger partial charge in [0.25, 0.3) is 5.91 Å². The van der Waals surface area contributed by atoms with Gasteiger partial charge in [0.15, 0.2) is 0 Å². The average molecular weight is 362 g/mol. The third-order valence-electron chi connectivity index (χ3n) is 4.59. The van der Waals surface area contributed by atoms with Gasteiger partial charge in [-0.2, -0.15) is 0 Å². The quantitative estimate of drug-likeness (QED) is 0.659. The van der Waals surface area contributed by atoms with Gasteiger partial charge in [0.2, 0.25) is 0 Å². The highest BCUT2D eigenvalue weighted by molar-refractivity contribution is 6.12. The number of phenolic OH excluding ortho intramolecular Hbond substituents is 2. The number of para-hydroxylation sites is 1. The number of nitrogens with zero attached hydrogens (tertiary/aromatic N) is 1. The summed E-state index contributed by atoms with van der Waals surface area (Å²) in [7, 11) is 1.58. The van der Waals surface area contributed by atoms with Crippen LogP contribution < -0.4 is 15.0 Å². The number of amides is 1. The van der Waals surface area contributed by atoms with Crippen molar-refractivity contribution in [1.29, 1.82) is 0 Å². The Labute approximate surface area is 156 Å². The maximum atomic E-state index is 13.3. The van der Waals surface area contributed by atoms with Gasteiger partial charge in [0.05, 0.1) is 12.7 Å². The first kappa shape index (κ1) is 16.8. The van der Waals surface area contributed by atoms with Gasteiger partial charge in [-0.1, -0.05) is 12.1 Å². The minimum absolute atomic E-state index is 0.0465. The lowest BCUT2D eigenvalue weighted by atomic mass is 10.0. The van der Waals surface area contributed by atoms with Gasteiger partial charge in [-0.15, -0.1) is 0 Å². The van der Waals surface area contributed by atoms with Crippen LogP contribution in [-0.4, -0.2) is 23.2 Å². The van der Waals surface area contributed by atoms with Crippen LogP contribution in [0.15, 0.2) is 66.7 Å². The van der Waals surface area contributed by atoms with E-state index in [9.17, 15) is 15.0 Å². The maximum Gasteiger partial charge on any atom is 0.262 e. The van der Waals surface area contributed by atoms with Gasteiger partial charge >= 0.3 is 0 Å². The molecule has 3 aromatic rings. The summed E-state index contributed by atoms with van der Waals surface area (Å²) in [6.45, 7) is 0. The van der Waals surface area contributed by atoms with Crippen molar-refractivity contribution in [3.05, 3.63) is 77.9 Å². The lowest BCUT2D eigenvalue weighted by molar-refractivity contribution is 0.0974. The fraction of sp³-hybridized carbons (Fsp3) is 0.0952. The van der Waals surface area contributed by atoms with Crippen molar-refractivity contribution in [2.24, 2.45) is 0 Å². The Hall–Kier alpha value is -3.67. The van der Waals surface area contributed by atoms with Crippen molar-refractivity contribution in [2.45, 2.75) is 6.17 Å². The Morgan fingerprint density at radius 3 is 2.44 bits per heavy atom. The monoisotopic (exact) mass is 362 g/mol. The number of carbonyl (C=O) groups excluding carboxylic acids is 1. The molecule has 0 unspecified atom stereocenters. The number of ether oxygens (including phenoxy) is 1. The summed E-state index contributed by atoms with van der Waals surface area (Å²) < 4.78 is 5.20. The summed E-state index contributed by atoms with van der Waals surface area (Å²) in [5.41, 5.74) is 2.36. The van der Waals surface area contributed by atoms with E-state index in [0.29, 0.717) is 28.3 Å². The number of fused-ring (bicyclic) bond motifs is 1. The predicted molar refractivity (Wildman–Crippen MR) is 102 cm³/mol. The molecule has 0 aliphatic carbocycles. The maximum absolute atomic E-state index is 13.3. The Balaban J connectivity index is 1.86. The summed E-state index contributed by atoms with van der Waals surface area (Å²) in [6, 6.07) is 18.7. The molecular weight excluding hydrogens is 344 g/mol. The zero-order chi connectivity index (χ0) is 19.0. The lowest BCUT2D eigenvalue weighted by Crippen LogP contribution is -2.43. The fourth-order valence-corrected chi connectivity index (χ4v) is 3.24. The number of carbonyl (C=O) groups is 1. The van der Waals surface area contributed by atoms with E-state index in [0.717, 1.165) is 0 Å². The molecule has 0 aromatic heterocycles. The highest BCUT2D eigenvalue weighted by Gasteiger charge is 2.35. The zero-order valence-corrected chi connectivity index (χ0v) is 14.6. The Morgan fingerprint density at radius 2 is 1.74 bits per heavy atom. The number of rotatable bonds is 3. The Kier molecular flexibility index (Phi) is 4.08. The SMILES string of the molecule is COc1ccc(N2C(=O)c3ccccc3N[C@@H]2c2ccc(O)cc2O)cc1. The number of benzene rings is 3. The number of hydrogen-bond donors (Lipinski definition) is 3. The van der Waals surface area contributed by atoms with Crippen LogP contribution in [0.25, 0.3) is 0 Å². The topological polar surface area (TPSA) is 82.0 Å². The van der Waals surface area contributed by atoms with E-state index in [1.54, 1.807) is 48.4 Å². The van der Waals surface area contributed by atoms with Crippen molar-refractivity contribution in [2.75, 3.05) is 17.3 Å². The van der Waals surface area contributed by atoms with Crippen LogP contribution in [-0.2, 0) is 0 Å². The molecule has 1 heterocycles. The van der Waals surface area contributed by atoms with E-state index >= 15 is 0 Å². The van der Waals surface area contributed by atoms with Crippen molar-refractivity contribution in [3.63, 3.8) is 0 Å². The van der Waals surface area contributed by atoms with Crippen LogP contribution in [0.3, 0.4) is 0 Å². The number of methoxy groups -OCH3 is 1. The standard InChI is InChI=1S/C21H18N2O4/c1-27-15-9-6-13(7-10-15)23-20(17-11-8-14(24)12-19(17)25)22-18-5-3-2-4-16(18)21(23)26/h2-12,20,22,24-25H,1H3/t20-/m0/s1. The van der Waals surface area contributed by atoms with Gasteiger partial charge in [0.1, 0.15) is 23.4 Å². The molecule has 0 spiro atoms. The molecule has 0 radical (unpaired) electrons. The first-order chi connectivity index (χ1) is 13.1. The van der Waals surface area contributed by atoms with Gasteiger partial charge in [-0.3, -0.25) is 9.69 Å². The molecule has 3 N–H and O–H groups in total. The predicted octanol–water partition coefficient (Wildman–Crippen LogP) is 3.88. The molecule has 1 atom stereocenters. The molecule has 0 bridgehead atoms. The van der Waals surface area contributed by atoms with E-state index in [1.807, 2.05) is 18.2 Å². The number of nitrogens with one attached hydrogen (secondary N) is 1. The first-order valence-electron chi connectivity index (χ1n) is 8.43. The Morgan fingerprint density at radius 1 is 1.00 bits per heavy atom. The summed E-state index contributed by atoms with van der Waals surface area (Å²) in [5.74, 6) is 0.348. The molecule has 1 amide bonds. The summed E-state index contributed by atoms with van der Waals surface area (Å²) in [4.78, 5) is 14.8. The van der Waals surface area contributed by atoms with Crippen LogP contribution in [0, 0.1) is 0 Å². The molecule has 6 nitrogen and oxygen atoms in total. The molecule has 0 fully saturated rings. The zero-order valence-electron chi connectivity index (χ0n) is 14.6. The number of aromatic hydroxyl groups is 2. The molecular formula is C21H18N2O4. The van der Waals surface area contributed by atoms with Gasteiger partial charge < -0.3 is 20.3 Å². The second-order valence-electron chi connectivity index (χ2n) is 6.21. The van der Waals surface area contributed by atoms with Crippen molar-refractivity contribution in [3.8, 4) is 17.2 Å². The van der Waals surface area contributed by atoms with Crippen molar-refractivity contribution >= 4 is 17.3 Å². The third kappa shape index (κ3) is 2.91.